The normalized spacial score (nSPS) is 18.6. The van der Waals surface area contributed by atoms with Gasteiger partial charge in [0.25, 0.3) is 0 Å². The van der Waals surface area contributed by atoms with E-state index in [9.17, 15) is 30.3 Å². The highest BCUT2D eigenvalue weighted by molar-refractivity contribution is 5.76. The lowest BCUT2D eigenvalue weighted by atomic mass is 9.99. The highest BCUT2D eigenvalue weighted by Gasteiger charge is 2.44. The van der Waals surface area contributed by atoms with Crippen molar-refractivity contribution >= 4 is 5.91 Å². The van der Waals surface area contributed by atoms with Gasteiger partial charge in [0, 0.05) is 6.42 Å². The van der Waals surface area contributed by atoms with Crippen LogP contribution in [0.5, 0.6) is 0 Å². The van der Waals surface area contributed by atoms with Crippen LogP contribution in [0, 0.1) is 0 Å². The Bertz CT molecular complexity index is 1950. The molecular formula is C82H139NO8. The van der Waals surface area contributed by atoms with Gasteiger partial charge in [-0.05, 0) is 103 Å². The monoisotopic (exact) mass is 1270 g/mol. The van der Waals surface area contributed by atoms with Gasteiger partial charge in [0.2, 0.25) is 5.91 Å². The second-order valence-corrected chi connectivity index (χ2v) is 25.4. The largest absolute Gasteiger partial charge is 0.394 e. The zero-order chi connectivity index (χ0) is 65.7. The number of amides is 1. The van der Waals surface area contributed by atoms with Crippen LogP contribution in [0.25, 0.3) is 0 Å². The third kappa shape index (κ3) is 57.3. The van der Waals surface area contributed by atoms with Gasteiger partial charge < -0.3 is 40.3 Å². The van der Waals surface area contributed by atoms with E-state index in [2.05, 4.69) is 165 Å². The predicted molar refractivity (Wildman–Crippen MR) is 391 cm³/mol. The Kier molecular flexibility index (Phi) is 64.4. The molecule has 1 fully saturated rings. The summed E-state index contributed by atoms with van der Waals surface area (Å²) >= 11 is 0. The van der Waals surface area contributed by atoms with Crippen molar-refractivity contribution in [3.63, 3.8) is 0 Å². The summed E-state index contributed by atoms with van der Waals surface area (Å²) in [6, 6.07) is -0.756. The predicted octanol–water partition coefficient (Wildman–Crippen LogP) is 21.3. The maximum Gasteiger partial charge on any atom is 0.220 e. The topological polar surface area (TPSA) is 149 Å². The van der Waals surface area contributed by atoms with Gasteiger partial charge in [-0.25, -0.2) is 0 Å². The fourth-order valence-electron chi connectivity index (χ4n) is 11.1. The van der Waals surface area contributed by atoms with Crippen LogP contribution in [0.2, 0.25) is 0 Å². The lowest BCUT2D eigenvalue weighted by Crippen LogP contribution is -2.60. The third-order valence-corrected chi connectivity index (χ3v) is 17.0. The Morgan fingerprint density at radius 2 is 0.681 bits per heavy atom. The van der Waals surface area contributed by atoms with Crippen molar-refractivity contribution in [2.45, 2.75) is 352 Å². The Hall–Kier alpha value is -3.93. The van der Waals surface area contributed by atoms with Gasteiger partial charge in [-0.2, -0.15) is 0 Å². The van der Waals surface area contributed by atoms with E-state index in [-0.39, 0.29) is 12.5 Å². The van der Waals surface area contributed by atoms with Gasteiger partial charge >= 0.3 is 0 Å². The third-order valence-electron chi connectivity index (χ3n) is 17.0. The summed E-state index contributed by atoms with van der Waals surface area (Å²) in [6.07, 6.45) is 99.2. The van der Waals surface area contributed by atoms with Crippen molar-refractivity contribution in [2.24, 2.45) is 0 Å². The number of carbonyl (C=O) groups is 1. The van der Waals surface area contributed by atoms with E-state index in [0.29, 0.717) is 19.3 Å². The summed E-state index contributed by atoms with van der Waals surface area (Å²) < 4.78 is 11.4. The van der Waals surface area contributed by atoms with E-state index < -0.39 is 49.5 Å². The molecule has 91 heavy (non-hydrogen) atoms. The molecule has 520 valence electrons. The van der Waals surface area contributed by atoms with Gasteiger partial charge in [-0.3, -0.25) is 4.79 Å². The summed E-state index contributed by atoms with van der Waals surface area (Å²) in [5.41, 5.74) is 0. The van der Waals surface area contributed by atoms with Crippen LogP contribution in [-0.4, -0.2) is 87.5 Å². The fourth-order valence-corrected chi connectivity index (χ4v) is 11.1. The molecule has 9 nitrogen and oxygen atoms in total. The number of aliphatic hydroxyl groups is 5. The smallest absolute Gasteiger partial charge is 0.220 e. The molecule has 0 aromatic rings. The Balaban J connectivity index is 2.17. The molecule has 0 aromatic heterocycles. The minimum atomic E-state index is -1.57. The van der Waals surface area contributed by atoms with Crippen LogP contribution in [0.3, 0.4) is 0 Å². The standard InChI is InChI=1S/C82H139NO8/c1-3-5-7-9-11-13-15-17-19-21-23-25-27-29-31-33-34-35-36-37-38-39-40-41-42-44-46-48-50-52-54-56-58-60-62-64-66-68-70-72-78(86)83-75(74-90-82-81(89)80(88)79(87)77(73-84)91-82)76(85)71-69-67-65-63-61-59-57-55-53-51-49-47-45-43-32-30-28-26-24-22-20-18-16-14-12-10-8-6-4-2/h5,7,11,13,17,19,23,25,29,31,34-35,37-38,40-41,44,46,50,52,56,58,62,64,75-77,79-82,84-85,87-89H,3-4,6,8-10,12,14-16,18,20-22,24,26-28,30,32-33,36,39,42-43,45,47-49,51,53-55,57,59-61,63,65-74H2,1-2H3,(H,83,86)/b7-5-,13-11-,19-17-,25-23-,31-29-,35-34-,38-37-,41-40-,46-44-,52-50-,58-56-,64-62-. The van der Waals surface area contributed by atoms with Gasteiger partial charge in [-0.15, -0.1) is 0 Å². The second-order valence-electron chi connectivity index (χ2n) is 25.4. The summed E-state index contributed by atoms with van der Waals surface area (Å²) in [5.74, 6) is -0.188. The first-order chi connectivity index (χ1) is 44.8. The first-order valence-electron chi connectivity index (χ1n) is 37.5. The SMILES string of the molecule is CC/C=C\C/C=C\C/C=C\C/C=C\C/C=C\C/C=C\C/C=C\C/C=C\C/C=C\C/C=C\C/C=C\C/C=C\CCCCC(=O)NC(COC1OC(CO)C(O)C(O)C1O)C(O)CCCCCCCCCCCCCCCCCCCCCCCCCCCCCCC. The molecule has 0 aliphatic carbocycles. The molecule has 9 heteroatoms. The van der Waals surface area contributed by atoms with E-state index in [0.717, 1.165) is 109 Å². The van der Waals surface area contributed by atoms with E-state index in [4.69, 9.17) is 9.47 Å². The van der Waals surface area contributed by atoms with Crippen molar-refractivity contribution in [3.05, 3.63) is 146 Å². The van der Waals surface area contributed by atoms with Crippen molar-refractivity contribution in [1.29, 1.82) is 0 Å². The van der Waals surface area contributed by atoms with Gasteiger partial charge in [0.1, 0.15) is 24.4 Å². The maximum absolute atomic E-state index is 13.2. The number of rotatable bonds is 64. The molecule has 1 aliphatic rings. The maximum atomic E-state index is 13.2. The molecule has 0 bridgehead atoms. The Morgan fingerprint density at radius 1 is 0.385 bits per heavy atom. The number of unbranched alkanes of at least 4 members (excludes halogenated alkanes) is 30. The molecular weight excluding hydrogens is 1130 g/mol. The van der Waals surface area contributed by atoms with Crippen LogP contribution < -0.4 is 5.32 Å². The van der Waals surface area contributed by atoms with Crippen LogP contribution in [0.1, 0.15) is 309 Å². The Labute approximate surface area is 559 Å². The lowest BCUT2D eigenvalue weighted by molar-refractivity contribution is -0.302. The number of aliphatic hydroxyl groups excluding tert-OH is 5. The number of hydrogen-bond acceptors (Lipinski definition) is 8. The van der Waals surface area contributed by atoms with E-state index >= 15 is 0 Å². The first-order valence-corrected chi connectivity index (χ1v) is 37.5. The molecule has 7 unspecified atom stereocenters. The minimum absolute atomic E-state index is 0.164. The molecule has 1 aliphatic heterocycles. The summed E-state index contributed by atoms with van der Waals surface area (Å²) in [5, 5.41) is 55.0. The zero-order valence-corrected chi connectivity index (χ0v) is 58.3. The molecule has 0 radical (unpaired) electrons. The van der Waals surface area contributed by atoms with Crippen LogP contribution in [-0.2, 0) is 14.3 Å². The van der Waals surface area contributed by atoms with Crippen molar-refractivity contribution in [3.8, 4) is 0 Å². The van der Waals surface area contributed by atoms with Gasteiger partial charge in [0.05, 0.1) is 25.4 Å². The highest BCUT2D eigenvalue weighted by Crippen LogP contribution is 2.24. The molecule has 6 N–H and O–H groups in total. The molecule has 1 saturated heterocycles. The number of allylic oxidation sites excluding steroid dienone is 24. The van der Waals surface area contributed by atoms with Crippen LogP contribution >= 0.6 is 0 Å². The first kappa shape index (κ1) is 85.1. The number of ether oxygens (including phenoxy) is 2. The molecule has 1 heterocycles. The van der Waals surface area contributed by atoms with Crippen LogP contribution in [0.15, 0.2) is 146 Å². The van der Waals surface area contributed by atoms with Crippen molar-refractivity contribution in [2.75, 3.05) is 13.2 Å². The minimum Gasteiger partial charge on any atom is -0.394 e. The van der Waals surface area contributed by atoms with Crippen molar-refractivity contribution < 1.29 is 39.8 Å². The lowest BCUT2D eigenvalue weighted by Gasteiger charge is -2.40. The van der Waals surface area contributed by atoms with Crippen LogP contribution in [0.4, 0.5) is 0 Å². The quantitative estimate of drug-likeness (QED) is 0.0261. The summed E-state index contributed by atoms with van der Waals surface area (Å²) in [7, 11) is 0. The average molecular weight is 1270 g/mol. The van der Waals surface area contributed by atoms with Crippen molar-refractivity contribution in [1.82, 2.24) is 5.32 Å². The average Bonchev–Trinajstić information content (AvgIpc) is 1.33. The van der Waals surface area contributed by atoms with Gasteiger partial charge in [0.15, 0.2) is 6.29 Å². The van der Waals surface area contributed by atoms with E-state index in [1.54, 1.807) is 0 Å². The number of hydrogen-bond donors (Lipinski definition) is 6. The second kappa shape index (κ2) is 68.9. The molecule has 1 rings (SSSR count). The molecule has 0 aromatic carbocycles. The Morgan fingerprint density at radius 3 is 0.989 bits per heavy atom. The fraction of sp³-hybridized carbons (Fsp3) is 0.695. The number of nitrogens with one attached hydrogen (secondary N) is 1. The van der Waals surface area contributed by atoms with Gasteiger partial charge in [-0.1, -0.05) is 346 Å². The molecule has 0 spiro atoms. The van der Waals surface area contributed by atoms with E-state index in [1.165, 1.54) is 167 Å². The highest BCUT2D eigenvalue weighted by atomic mass is 16.7. The summed E-state index contributed by atoms with van der Waals surface area (Å²) in [4.78, 5) is 13.2. The molecule has 7 atom stereocenters. The molecule has 1 amide bonds. The summed E-state index contributed by atoms with van der Waals surface area (Å²) in [6.45, 7) is 3.72. The number of carbonyl (C=O) groups excluding carboxylic acids is 1. The zero-order valence-electron chi connectivity index (χ0n) is 58.3. The molecule has 0 saturated carbocycles. The van der Waals surface area contributed by atoms with E-state index in [1.807, 2.05) is 0 Å².